The first-order valence-electron chi connectivity index (χ1n) is 13.0. The molecule has 0 bridgehead atoms. The lowest BCUT2D eigenvalue weighted by Crippen LogP contribution is -2.45. The first-order valence-corrected chi connectivity index (χ1v) is 13.4. The molecule has 0 saturated carbocycles. The number of rotatable bonds is 5. The van der Waals surface area contributed by atoms with Crippen molar-refractivity contribution >= 4 is 35.1 Å². The Hall–Kier alpha value is -3.85. The predicted octanol–water partition coefficient (Wildman–Crippen LogP) is 4.80. The average Bonchev–Trinajstić information content (AvgIpc) is 3.40. The number of nitrogens with zero attached hydrogens (tertiary/aromatic N) is 4. The number of likely N-dealkylation sites (N-methyl/N-ethyl adjacent to an activating group) is 1. The third kappa shape index (κ3) is 5.93. The Morgan fingerprint density at radius 1 is 1.05 bits per heavy atom. The fourth-order valence-electron chi connectivity index (χ4n) is 5.42. The number of nitrogens with two attached hydrogens (primary N) is 1. The quantitative estimate of drug-likeness (QED) is 0.490. The summed E-state index contributed by atoms with van der Waals surface area (Å²) in [5.41, 5.74) is 7.34. The van der Waals surface area contributed by atoms with Crippen LogP contribution >= 0.6 is 11.6 Å². The summed E-state index contributed by atoms with van der Waals surface area (Å²) < 4.78 is 19.5. The molecule has 2 N–H and O–H groups in total. The average molecular weight is 552 g/mol. The predicted molar refractivity (Wildman–Crippen MR) is 148 cm³/mol. The number of hydrogen-bond acceptors (Lipinski definition) is 6. The van der Waals surface area contributed by atoms with E-state index in [1.807, 2.05) is 29.2 Å². The topological polar surface area (TPSA) is 92.0 Å². The van der Waals surface area contributed by atoms with E-state index in [2.05, 4.69) is 9.88 Å². The van der Waals surface area contributed by atoms with Crippen LogP contribution in [0.5, 0.6) is 5.75 Å². The van der Waals surface area contributed by atoms with Crippen molar-refractivity contribution in [2.75, 3.05) is 43.9 Å². The van der Waals surface area contributed by atoms with Crippen LogP contribution in [0.4, 0.5) is 20.7 Å². The standard InChI is InChI=1S/C29H31ClFN5O3/c1-34(29(38)39-26-5-3-2-4-24(26)31)25-18-36(17-23(25)19-6-8-21(30)9-7-19)28(37)20-12-14-35(15-13-20)27-11-10-22(32)16-33-27/h2-11,16,20,23,25H,12-15,17-18,32H2,1H3/t23-,25+/m0/s1. The summed E-state index contributed by atoms with van der Waals surface area (Å²) in [6, 6.07) is 16.6. The molecule has 3 aromatic rings. The van der Waals surface area contributed by atoms with Gasteiger partial charge in [0.25, 0.3) is 0 Å². The van der Waals surface area contributed by atoms with Crippen molar-refractivity contribution in [3.63, 3.8) is 0 Å². The number of carbonyl (C=O) groups excluding carboxylic acids is 2. The normalized spacial score (nSPS) is 19.7. The number of ether oxygens (including phenoxy) is 1. The Morgan fingerprint density at radius 2 is 1.77 bits per heavy atom. The van der Waals surface area contributed by atoms with E-state index in [9.17, 15) is 14.0 Å². The van der Waals surface area contributed by atoms with Gasteiger partial charge in [0.2, 0.25) is 5.91 Å². The molecule has 0 radical (unpaired) electrons. The minimum atomic E-state index is -0.678. The van der Waals surface area contributed by atoms with Gasteiger partial charge in [0.05, 0.1) is 17.9 Å². The van der Waals surface area contributed by atoms with E-state index < -0.39 is 11.9 Å². The summed E-state index contributed by atoms with van der Waals surface area (Å²) in [7, 11) is 1.63. The largest absolute Gasteiger partial charge is 0.415 e. The van der Waals surface area contributed by atoms with E-state index in [1.165, 1.54) is 23.1 Å². The lowest BCUT2D eigenvalue weighted by molar-refractivity contribution is -0.135. The van der Waals surface area contributed by atoms with Crippen molar-refractivity contribution in [3.05, 3.63) is 83.3 Å². The number of para-hydroxylation sites is 1. The molecule has 2 aliphatic heterocycles. The van der Waals surface area contributed by atoms with Gasteiger partial charge in [-0.3, -0.25) is 4.79 Å². The van der Waals surface area contributed by atoms with Crippen LogP contribution in [-0.2, 0) is 4.79 Å². The van der Waals surface area contributed by atoms with Crippen LogP contribution < -0.4 is 15.4 Å². The molecule has 10 heteroatoms. The van der Waals surface area contributed by atoms with Gasteiger partial charge in [-0.15, -0.1) is 0 Å². The Bertz CT molecular complexity index is 1320. The van der Waals surface area contributed by atoms with Crippen LogP contribution in [0.1, 0.15) is 24.3 Å². The summed E-state index contributed by atoms with van der Waals surface area (Å²) in [5, 5.41) is 0.607. The van der Waals surface area contributed by atoms with Gasteiger partial charge in [-0.25, -0.2) is 14.2 Å². The zero-order valence-electron chi connectivity index (χ0n) is 21.7. The van der Waals surface area contributed by atoms with Gasteiger partial charge in [-0.05, 0) is 54.8 Å². The highest BCUT2D eigenvalue weighted by Crippen LogP contribution is 2.34. The minimum Gasteiger partial charge on any atom is -0.407 e. The Morgan fingerprint density at radius 3 is 2.44 bits per heavy atom. The maximum atomic E-state index is 14.1. The number of aromatic nitrogens is 1. The zero-order valence-corrected chi connectivity index (χ0v) is 22.4. The molecule has 2 aromatic carbocycles. The number of halogens is 2. The van der Waals surface area contributed by atoms with E-state index in [-0.39, 0.29) is 29.5 Å². The molecule has 1 aromatic heterocycles. The monoisotopic (exact) mass is 551 g/mol. The number of amides is 2. The lowest BCUT2D eigenvalue weighted by Gasteiger charge is -2.34. The van der Waals surface area contributed by atoms with Crippen LogP contribution in [0, 0.1) is 11.7 Å². The second-order valence-corrected chi connectivity index (χ2v) is 10.5. The first kappa shape index (κ1) is 26.7. The van der Waals surface area contributed by atoms with Crippen LogP contribution in [0.2, 0.25) is 5.02 Å². The molecule has 2 aliphatic rings. The van der Waals surface area contributed by atoms with E-state index in [0.717, 1.165) is 24.5 Å². The molecule has 2 atom stereocenters. The van der Waals surface area contributed by atoms with Gasteiger partial charge in [0.15, 0.2) is 11.6 Å². The number of likely N-dealkylation sites (tertiary alicyclic amines) is 1. The highest BCUT2D eigenvalue weighted by Gasteiger charge is 2.42. The third-order valence-electron chi connectivity index (χ3n) is 7.66. The number of anilines is 2. The fourth-order valence-corrected chi connectivity index (χ4v) is 5.55. The molecule has 5 rings (SSSR count). The Kier molecular flexibility index (Phi) is 7.88. The molecule has 39 heavy (non-hydrogen) atoms. The Labute approximate surface area is 232 Å². The third-order valence-corrected chi connectivity index (χ3v) is 7.91. The summed E-state index contributed by atoms with van der Waals surface area (Å²) in [6.07, 6.45) is 2.38. The molecular formula is C29H31ClFN5O3. The summed E-state index contributed by atoms with van der Waals surface area (Å²) in [5.74, 6) is -0.0759. The Balaban J connectivity index is 1.29. The van der Waals surface area contributed by atoms with Gasteiger partial charge in [-0.1, -0.05) is 35.9 Å². The molecule has 2 amide bonds. The molecular weight excluding hydrogens is 521 g/mol. The molecule has 0 unspecified atom stereocenters. The maximum absolute atomic E-state index is 14.1. The second kappa shape index (κ2) is 11.5. The number of hydrogen-bond donors (Lipinski definition) is 1. The van der Waals surface area contributed by atoms with Crippen molar-refractivity contribution < 1.29 is 18.7 Å². The maximum Gasteiger partial charge on any atom is 0.415 e. The number of pyridine rings is 1. The summed E-state index contributed by atoms with van der Waals surface area (Å²) in [6.45, 7) is 2.26. The highest BCUT2D eigenvalue weighted by molar-refractivity contribution is 6.30. The smallest absolute Gasteiger partial charge is 0.407 e. The fraction of sp³-hybridized carbons (Fsp3) is 0.345. The van der Waals surface area contributed by atoms with Crippen LogP contribution in [0.15, 0.2) is 66.9 Å². The van der Waals surface area contributed by atoms with Crippen LogP contribution in [0.3, 0.4) is 0 Å². The molecule has 8 nitrogen and oxygen atoms in total. The molecule has 2 fully saturated rings. The lowest BCUT2D eigenvalue weighted by atomic mass is 9.93. The van der Waals surface area contributed by atoms with Crippen molar-refractivity contribution in [3.8, 4) is 5.75 Å². The van der Waals surface area contributed by atoms with Crippen molar-refractivity contribution in [2.45, 2.75) is 24.8 Å². The van der Waals surface area contributed by atoms with Crippen molar-refractivity contribution in [1.29, 1.82) is 0 Å². The minimum absolute atomic E-state index is 0.0808. The molecule has 2 saturated heterocycles. The SMILES string of the molecule is CN(C(=O)Oc1ccccc1F)[C@@H]1CN(C(=O)C2CCN(c3ccc(N)cn3)CC2)C[C@H]1c1ccc(Cl)cc1. The van der Waals surface area contributed by atoms with E-state index in [4.69, 9.17) is 22.1 Å². The van der Waals surface area contributed by atoms with Crippen molar-refractivity contribution in [1.82, 2.24) is 14.8 Å². The number of nitrogen functional groups attached to an aromatic ring is 1. The number of piperidine rings is 1. The number of carbonyl (C=O) groups is 2. The van der Waals surface area contributed by atoms with Gasteiger partial charge < -0.3 is 25.2 Å². The van der Waals surface area contributed by atoms with Crippen LogP contribution in [-0.4, -0.2) is 66.1 Å². The molecule has 0 aliphatic carbocycles. The van der Waals surface area contributed by atoms with Gasteiger partial charge in [0, 0.05) is 50.1 Å². The van der Waals surface area contributed by atoms with Crippen LogP contribution in [0.25, 0.3) is 0 Å². The summed E-state index contributed by atoms with van der Waals surface area (Å²) in [4.78, 5) is 36.6. The van der Waals surface area contributed by atoms with Crippen molar-refractivity contribution in [2.24, 2.45) is 5.92 Å². The van der Waals surface area contributed by atoms with E-state index >= 15 is 0 Å². The highest BCUT2D eigenvalue weighted by atomic mass is 35.5. The zero-order chi connectivity index (χ0) is 27.5. The first-order chi connectivity index (χ1) is 18.8. The van der Waals surface area contributed by atoms with E-state index in [0.29, 0.717) is 36.6 Å². The van der Waals surface area contributed by atoms with E-state index in [1.54, 1.807) is 31.4 Å². The molecule has 0 spiro atoms. The second-order valence-electron chi connectivity index (χ2n) is 10.1. The number of benzene rings is 2. The van der Waals surface area contributed by atoms with Gasteiger partial charge in [0.1, 0.15) is 5.82 Å². The van der Waals surface area contributed by atoms with Gasteiger partial charge >= 0.3 is 6.09 Å². The van der Waals surface area contributed by atoms with Gasteiger partial charge in [-0.2, -0.15) is 0 Å². The molecule has 204 valence electrons. The summed E-state index contributed by atoms with van der Waals surface area (Å²) >= 11 is 6.12. The molecule has 3 heterocycles.